The lowest BCUT2D eigenvalue weighted by Gasteiger charge is -2.43. The number of amides is 1. The third kappa shape index (κ3) is 7.91. The summed E-state index contributed by atoms with van der Waals surface area (Å²) in [6.07, 6.45) is 11.4. The van der Waals surface area contributed by atoms with E-state index in [1.165, 1.54) is 18.2 Å². The van der Waals surface area contributed by atoms with E-state index < -0.39 is 15.8 Å². The number of methoxy groups -OCH3 is 2. The van der Waals surface area contributed by atoms with E-state index in [0.29, 0.717) is 53.8 Å². The van der Waals surface area contributed by atoms with Crippen molar-refractivity contribution < 1.29 is 23.2 Å². The summed E-state index contributed by atoms with van der Waals surface area (Å²) in [6, 6.07) is 11.6. The Bertz CT molecular complexity index is 2110. The van der Waals surface area contributed by atoms with Crippen LogP contribution in [0.1, 0.15) is 60.5 Å². The highest BCUT2D eigenvalue weighted by Gasteiger charge is 2.38. The average molecular weight is 748 g/mol. The quantitative estimate of drug-likeness (QED) is 0.219. The van der Waals surface area contributed by atoms with Crippen LogP contribution in [0.5, 0.6) is 11.8 Å². The zero-order valence-corrected chi connectivity index (χ0v) is 31.7. The first-order valence-electron chi connectivity index (χ1n) is 17.9. The van der Waals surface area contributed by atoms with Crippen molar-refractivity contribution in [3.8, 4) is 11.8 Å². The first-order chi connectivity index (χ1) is 25.1. The molecule has 276 valence electrons. The minimum absolute atomic E-state index is 0.0558. The Morgan fingerprint density at radius 1 is 1.08 bits per heavy atom. The third-order valence-electron chi connectivity index (χ3n) is 10.3. The number of nitrogens with zero attached hydrogens (tertiary/aromatic N) is 6. The lowest BCUT2D eigenvalue weighted by molar-refractivity contribution is 0.0133. The molecule has 1 N–H and O–H groups in total. The Labute approximate surface area is 310 Å². The Balaban J connectivity index is 1.35. The average Bonchev–Trinajstić information content (AvgIpc) is 3.48. The number of hydrogen-bond donors (Lipinski definition) is 1. The number of aryl methyl sites for hydroxylation is 2. The van der Waals surface area contributed by atoms with Crippen LogP contribution >= 0.6 is 11.6 Å². The molecule has 1 amide bonds. The summed E-state index contributed by atoms with van der Waals surface area (Å²) in [7, 11) is 1.54. The maximum Gasteiger partial charge on any atom is 0.320 e. The number of hydrogen-bond acceptors (Lipinski definition) is 9. The number of rotatable bonds is 4. The predicted molar refractivity (Wildman–Crippen MR) is 204 cm³/mol. The summed E-state index contributed by atoms with van der Waals surface area (Å²) >= 11 is 6.49. The number of fused-ring (bicyclic) bond motifs is 4. The molecule has 0 saturated heterocycles. The van der Waals surface area contributed by atoms with E-state index in [1.54, 1.807) is 31.1 Å². The van der Waals surface area contributed by atoms with E-state index in [2.05, 4.69) is 53.3 Å². The highest BCUT2D eigenvalue weighted by atomic mass is 35.5. The van der Waals surface area contributed by atoms with Gasteiger partial charge in [-0.2, -0.15) is 15.1 Å². The number of allylic oxidation sites excluding steroid dienone is 1. The predicted octanol–water partition coefficient (Wildman–Crippen LogP) is 7.02. The van der Waals surface area contributed by atoms with Gasteiger partial charge in [0.2, 0.25) is 0 Å². The van der Waals surface area contributed by atoms with Gasteiger partial charge in [-0.05, 0) is 97.7 Å². The number of ether oxygens (including phenoxy) is 3. The molecular weight excluding hydrogens is 702 g/mol. The van der Waals surface area contributed by atoms with Gasteiger partial charge in [0.1, 0.15) is 15.7 Å². The Hall–Kier alpha value is -4.20. The zero-order valence-electron chi connectivity index (χ0n) is 30.1. The lowest BCUT2D eigenvalue weighted by atomic mass is 9.70. The van der Waals surface area contributed by atoms with Crippen LogP contribution in [0.15, 0.2) is 59.1 Å². The maximum atomic E-state index is 14.9. The molecule has 1 unspecified atom stereocenters. The number of carbonyl (C=O) groups is 1. The van der Waals surface area contributed by atoms with Crippen molar-refractivity contribution in [2.24, 2.45) is 29.2 Å². The van der Waals surface area contributed by atoms with Crippen LogP contribution in [-0.2, 0) is 34.7 Å². The van der Waals surface area contributed by atoms with E-state index in [4.69, 9.17) is 25.8 Å². The normalized spacial score (nSPS) is 26.1. The van der Waals surface area contributed by atoms with Crippen LogP contribution in [0.3, 0.4) is 0 Å². The van der Waals surface area contributed by atoms with Gasteiger partial charge in [0.25, 0.3) is 5.91 Å². The molecule has 2 aromatic carbocycles. The lowest BCUT2D eigenvalue weighted by Crippen LogP contribution is -2.43. The minimum Gasteiger partial charge on any atom is -0.491 e. The Kier molecular flexibility index (Phi) is 10.7. The summed E-state index contributed by atoms with van der Waals surface area (Å²) in [4.78, 5) is 25.3. The molecule has 2 aromatic heterocycles. The van der Waals surface area contributed by atoms with Crippen molar-refractivity contribution in [2.75, 3.05) is 42.7 Å². The standard InChI is InChI=1S/C38H46ClN7O5S/c1-24-8-7-10-33(49-3)30-15-12-28(30)21-46-20-27-11-14-29(39)18-25(27)9-5-6-17-51-34-16-13-26(19-32(34)46)37(47)44-52(48,23-24)43-36-31-22-45(2)42-35(31)40-38(41-36)50-4/h7,10-11,13-14,16,18-19,22,24,28,30,33H,5-6,8-9,12,15,17,20-21,23H2,1-4H3,(H,40,41,42,43,44,47,48)/b10-7+/t24-,28-,30+,33-,52?/m0/s1. The molecule has 2 aliphatic heterocycles. The van der Waals surface area contributed by atoms with Crippen LogP contribution in [0.2, 0.25) is 5.02 Å². The van der Waals surface area contributed by atoms with Crippen LogP contribution in [0, 0.1) is 17.8 Å². The molecular formula is C38H46ClN7O5S. The van der Waals surface area contributed by atoms with Crippen LogP contribution in [0.4, 0.5) is 11.5 Å². The van der Waals surface area contributed by atoms with Crippen molar-refractivity contribution >= 4 is 50.0 Å². The van der Waals surface area contributed by atoms with Crippen molar-refractivity contribution in [2.45, 2.75) is 58.1 Å². The largest absolute Gasteiger partial charge is 0.491 e. The number of aromatic nitrogens is 4. The van der Waals surface area contributed by atoms with E-state index in [9.17, 15) is 9.00 Å². The highest BCUT2D eigenvalue weighted by molar-refractivity contribution is 7.95. The van der Waals surface area contributed by atoms with Gasteiger partial charge in [-0.1, -0.05) is 36.7 Å². The fourth-order valence-electron chi connectivity index (χ4n) is 7.49. The fourth-order valence-corrected chi connectivity index (χ4v) is 9.63. The monoisotopic (exact) mass is 747 g/mol. The topological polar surface area (TPSA) is 133 Å². The molecule has 14 heteroatoms. The highest BCUT2D eigenvalue weighted by Crippen LogP contribution is 2.42. The first-order valence-corrected chi connectivity index (χ1v) is 20.0. The molecule has 0 radical (unpaired) electrons. The Morgan fingerprint density at radius 3 is 2.73 bits per heavy atom. The smallest absolute Gasteiger partial charge is 0.320 e. The summed E-state index contributed by atoms with van der Waals surface area (Å²) in [5.74, 6) is 1.01. The summed E-state index contributed by atoms with van der Waals surface area (Å²) < 4.78 is 41.9. The zero-order chi connectivity index (χ0) is 36.4. The van der Waals surface area contributed by atoms with Gasteiger partial charge in [-0.15, -0.1) is 4.36 Å². The second-order valence-corrected chi connectivity index (χ2v) is 16.6. The van der Waals surface area contributed by atoms with E-state index in [-0.39, 0.29) is 29.6 Å². The molecule has 1 saturated carbocycles. The number of nitrogens with one attached hydrogen (secondary N) is 1. The molecule has 4 heterocycles. The van der Waals surface area contributed by atoms with Crippen LogP contribution in [0.25, 0.3) is 11.0 Å². The summed E-state index contributed by atoms with van der Waals surface area (Å²) in [6.45, 7) is 3.90. The van der Waals surface area contributed by atoms with Gasteiger partial charge in [-0.3, -0.25) is 14.2 Å². The Morgan fingerprint density at radius 2 is 1.94 bits per heavy atom. The van der Waals surface area contributed by atoms with Crippen LogP contribution < -0.4 is 19.1 Å². The van der Waals surface area contributed by atoms with E-state index >= 15 is 0 Å². The molecule has 2 bridgehead atoms. The molecule has 3 aliphatic rings. The summed E-state index contributed by atoms with van der Waals surface area (Å²) in [5, 5.41) is 5.64. The van der Waals surface area contributed by atoms with Gasteiger partial charge in [0.15, 0.2) is 11.5 Å². The van der Waals surface area contributed by atoms with Gasteiger partial charge in [-0.25, -0.2) is 4.21 Å². The molecule has 1 fully saturated rings. The molecule has 52 heavy (non-hydrogen) atoms. The third-order valence-corrected chi connectivity index (χ3v) is 12.5. The van der Waals surface area contributed by atoms with E-state index in [1.807, 2.05) is 25.1 Å². The second kappa shape index (κ2) is 15.4. The maximum absolute atomic E-state index is 14.9. The van der Waals surface area contributed by atoms with Gasteiger partial charge < -0.3 is 19.1 Å². The molecule has 7 rings (SSSR count). The van der Waals surface area contributed by atoms with Crippen molar-refractivity contribution in [3.63, 3.8) is 0 Å². The van der Waals surface area contributed by atoms with E-state index in [0.717, 1.165) is 49.4 Å². The number of carbonyl (C=O) groups excluding carboxylic acids is 1. The first kappa shape index (κ1) is 36.2. The van der Waals surface area contributed by atoms with Gasteiger partial charge in [0.05, 0.1) is 36.6 Å². The fraction of sp³-hybridized carbons (Fsp3) is 0.474. The molecule has 12 nitrogen and oxygen atoms in total. The summed E-state index contributed by atoms with van der Waals surface area (Å²) in [5.41, 5.74) is 3.90. The van der Waals surface area contributed by atoms with Crippen molar-refractivity contribution in [1.29, 1.82) is 0 Å². The molecule has 5 atom stereocenters. The second-order valence-electron chi connectivity index (χ2n) is 14.2. The van der Waals surface area contributed by atoms with Crippen LogP contribution in [-0.4, -0.2) is 69.1 Å². The minimum atomic E-state index is -3.44. The molecule has 4 aromatic rings. The molecule has 0 spiro atoms. The van der Waals surface area contributed by atoms with Gasteiger partial charge >= 0.3 is 6.01 Å². The van der Waals surface area contributed by atoms with Crippen molar-refractivity contribution in [3.05, 3.63) is 76.5 Å². The number of halogens is 1. The number of benzene rings is 2. The SMILES string of the molecule is COc1nc(NS2(=O)=NC(=O)c3ccc4c(c3)N(Cc3ccc(Cl)cc3CCCCO4)C[C@@H]3CC[C@H]3[C@@H](OC)/C=C/C[C@H](C)C2)c2cn(C)nc2n1. The van der Waals surface area contributed by atoms with Gasteiger partial charge in [0, 0.05) is 44.0 Å². The molecule has 1 aliphatic carbocycles. The van der Waals surface area contributed by atoms with Crippen molar-refractivity contribution in [1.82, 2.24) is 19.7 Å². The number of anilines is 2.